The van der Waals surface area contributed by atoms with Crippen LogP contribution < -0.4 is 5.32 Å². The van der Waals surface area contributed by atoms with Crippen molar-refractivity contribution >= 4 is 29.1 Å². The molecule has 1 N–H and O–H groups in total. The Balaban J connectivity index is 1.86. The number of hydrogen-bond acceptors (Lipinski definition) is 3. The Morgan fingerprint density at radius 1 is 1.17 bits per heavy atom. The minimum absolute atomic E-state index is 0.784. The van der Waals surface area contributed by atoms with Gasteiger partial charge in [-0.15, -0.1) is 0 Å². The summed E-state index contributed by atoms with van der Waals surface area (Å²) in [7, 11) is 1.92. The third-order valence-corrected chi connectivity index (χ3v) is 3.83. The Morgan fingerprint density at radius 3 is 2.67 bits per heavy atom. The van der Waals surface area contributed by atoms with E-state index in [9.17, 15) is 0 Å². The second kappa shape index (κ2) is 6.66. The summed E-state index contributed by atoms with van der Waals surface area (Å²) in [5.41, 5.74) is 3.49. The van der Waals surface area contributed by atoms with E-state index in [-0.39, 0.29) is 0 Å². The number of nitrogens with zero attached hydrogens (tertiary/aromatic N) is 1. The van der Waals surface area contributed by atoms with Gasteiger partial charge in [-0.05, 0) is 29.8 Å². The highest BCUT2D eigenvalue weighted by Crippen LogP contribution is 2.19. The summed E-state index contributed by atoms with van der Waals surface area (Å²) in [6.45, 7) is 0. The summed E-state index contributed by atoms with van der Waals surface area (Å²) in [5, 5.41) is 3.90. The first-order valence-corrected chi connectivity index (χ1v) is 7.26. The molecule has 0 atom stereocenters. The van der Waals surface area contributed by atoms with Gasteiger partial charge in [0.2, 0.25) is 0 Å². The topological polar surface area (TPSA) is 24.9 Å². The monoisotopic (exact) mass is 278 g/mol. The normalized spacial score (nSPS) is 10.3. The Bertz CT molecular complexity index is 499. The molecule has 0 amide bonds. The van der Waals surface area contributed by atoms with E-state index in [1.165, 1.54) is 5.56 Å². The second-order valence-corrected chi connectivity index (χ2v) is 5.33. The fourth-order valence-electron chi connectivity index (χ4n) is 1.57. The molecule has 1 heterocycles. The van der Waals surface area contributed by atoms with Crippen molar-refractivity contribution in [1.29, 1.82) is 0 Å². The standard InChI is InChI=1S/C14H15ClN2S/c1-16-13-6-7-17-14(8-13)10-18-9-11-2-4-12(15)5-3-11/h2-8H,9-10H2,1H3,(H,16,17). The molecule has 2 nitrogen and oxygen atoms in total. The highest BCUT2D eigenvalue weighted by molar-refractivity contribution is 7.97. The van der Waals surface area contributed by atoms with Crippen molar-refractivity contribution in [1.82, 2.24) is 4.98 Å². The van der Waals surface area contributed by atoms with E-state index in [0.717, 1.165) is 27.9 Å². The average Bonchev–Trinajstić information content (AvgIpc) is 2.41. The average molecular weight is 279 g/mol. The SMILES string of the molecule is CNc1ccnc(CSCc2ccc(Cl)cc2)c1. The summed E-state index contributed by atoms with van der Waals surface area (Å²) in [6, 6.07) is 12.0. The first-order chi connectivity index (χ1) is 8.78. The number of thioether (sulfide) groups is 1. The van der Waals surface area contributed by atoms with Gasteiger partial charge >= 0.3 is 0 Å². The van der Waals surface area contributed by atoms with Crippen LogP contribution >= 0.6 is 23.4 Å². The van der Waals surface area contributed by atoms with Crippen LogP contribution in [-0.4, -0.2) is 12.0 Å². The predicted octanol–water partition coefficient (Wildman–Crippen LogP) is 4.21. The van der Waals surface area contributed by atoms with E-state index >= 15 is 0 Å². The maximum absolute atomic E-state index is 5.85. The molecule has 0 aliphatic rings. The molecule has 18 heavy (non-hydrogen) atoms. The number of rotatable bonds is 5. The molecule has 94 valence electrons. The van der Waals surface area contributed by atoms with Crippen LogP contribution in [-0.2, 0) is 11.5 Å². The van der Waals surface area contributed by atoms with Crippen LogP contribution in [0.5, 0.6) is 0 Å². The summed E-state index contributed by atoms with van der Waals surface area (Å²) in [6.07, 6.45) is 1.84. The molecule has 0 unspecified atom stereocenters. The van der Waals surface area contributed by atoms with Crippen LogP contribution in [0.1, 0.15) is 11.3 Å². The molecule has 0 radical (unpaired) electrons. The molecule has 0 saturated heterocycles. The molecule has 0 bridgehead atoms. The lowest BCUT2D eigenvalue weighted by atomic mass is 10.2. The lowest BCUT2D eigenvalue weighted by Crippen LogP contribution is -1.92. The molecular formula is C14H15ClN2S. The Morgan fingerprint density at radius 2 is 1.94 bits per heavy atom. The molecule has 1 aromatic heterocycles. The van der Waals surface area contributed by atoms with Gasteiger partial charge < -0.3 is 5.32 Å². The van der Waals surface area contributed by atoms with Gasteiger partial charge in [0.15, 0.2) is 0 Å². The first-order valence-electron chi connectivity index (χ1n) is 5.73. The van der Waals surface area contributed by atoms with E-state index in [1.54, 1.807) is 0 Å². The molecule has 2 rings (SSSR count). The van der Waals surface area contributed by atoms with Crippen LogP contribution in [0.2, 0.25) is 5.02 Å². The van der Waals surface area contributed by atoms with E-state index in [0.29, 0.717) is 0 Å². The molecule has 0 fully saturated rings. The van der Waals surface area contributed by atoms with E-state index in [1.807, 2.05) is 43.2 Å². The molecule has 0 saturated carbocycles. The van der Waals surface area contributed by atoms with Gasteiger partial charge in [0.25, 0.3) is 0 Å². The number of halogens is 1. The first kappa shape index (κ1) is 13.2. The zero-order valence-corrected chi connectivity index (χ0v) is 11.8. The van der Waals surface area contributed by atoms with Crippen molar-refractivity contribution in [2.45, 2.75) is 11.5 Å². The highest BCUT2D eigenvalue weighted by atomic mass is 35.5. The summed E-state index contributed by atoms with van der Waals surface area (Å²) in [5.74, 6) is 1.89. The number of nitrogens with one attached hydrogen (secondary N) is 1. The van der Waals surface area contributed by atoms with Crippen molar-refractivity contribution in [3.8, 4) is 0 Å². The van der Waals surface area contributed by atoms with Crippen LogP contribution in [0.15, 0.2) is 42.6 Å². The predicted molar refractivity (Wildman–Crippen MR) is 80.2 cm³/mol. The number of aromatic nitrogens is 1. The molecule has 0 aliphatic carbocycles. The molecule has 0 aliphatic heterocycles. The fraction of sp³-hybridized carbons (Fsp3) is 0.214. The zero-order valence-electron chi connectivity index (χ0n) is 10.2. The largest absolute Gasteiger partial charge is 0.388 e. The van der Waals surface area contributed by atoms with Crippen LogP contribution in [0.3, 0.4) is 0 Å². The Labute approximate surface area is 117 Å². The van der Waals surface area contributed by atoms with Crippen molar-refractivity contribution in [3.63, 3.8) is 0 Å². The summed E-state index contributed by atoms with van der Waals surface area (Å²) in [4.78, 5) is 4.35. The number of hydrogen-bond donors (Lipinski definition) is 1. The van der Waals surface area contributed by atoms with Crippen molar-refractivity contribution in [3.05, 3.63) is 58.9 Å². The summed E-state index contributed by atoms with van der Waals surface area (Å²) < 4.78 is 0. The van der Waals surface area contributed by atoms with Crippen LogP contribution in [0.4, 0.5) is 5.69 Å². The lowest BCUT2D eigenvalue weighted by Gasteiger charge is -2.04. The van der Waals surface area contributed by atoms with Gasteiger partial charge in [-0.3, -0.25) is 4.98 Å². The minimum Gasteiger partial charge on any atom is -0.388 e. The van der Waals surface area contributed by atoms with E-state index in [2.05, 4.69) is 28.5 Å². The van der Waals surface area contributed by atoms with Gasteiger partial charge in [-0.2, -0.15) is 11.8 Å². The quantitative estimate of drug-likeness (QED) is 0.887. The smallest absolute Gasteiger partial charge is 0.0523 e. The maximum Gasteiger partial charge on any atom is 0.0523 e. The van der Waals surface area contributed by atoms with Crippen molar-refractivity contribution < 1.29 is 0 Å². The Hall–Kier alpha value is -1.19. The fourth-order valence-corrected chi connectivity index (χ4v) is 2.59. The van der Waals surface area contributed by atoms with Gasteiger partial charge in [-0.1, -0.05) is 23.7 Å². The third-order valence-electron chi connectivity index (χ3n) is 2.54. The second-order valence-electron chi connectivity index (χ2n) is 3.91. The molecule has 1 aromatic carbocycles. The highest BCUT2D eigenvalue weighted by Gasteiger charge is 1.98. The lowest BCUT2D eigenvalue weighted by molar-refractivity contribution is 1.17. The molecule has 4 heteroatoms. The zero-order chi connectivity index (χ0) is 12.8. The van der Waals surface area contributed by atoms with Gasteiger partial charge in [0, 0.05) is 35.5 Å². The maximum atomic E-state index is 5.85. The summed E-state index contributed by atoms with van der Waals surface area (Å²) >= 11 is 7.70. The number of pyridine rings is 1. The van der Waals surface area contributed by atoms with E-state index < -0.39 is 0 Å². The number of anilines is 1. The Kier molecular flexibility index (Phi) is 4.90. The van der Waals surface area contributed by atoms with Gasteiger partial charge in [0.05, 0.1) is 5.69 Å². The molecule has 2 aromatic rings. The van der Waals surface area contributed by atoms with Crippen LogP contribution in [0, 0.1) is 0 Å². The molecular weight excluding hydrogens is 264 g/mol. The minimum atomic E-state index is 0.784. The molecule has 0 spiro atoms. The third kappa shape index (κ3) is 3.93. The van der Waals surface area contributed by atoms with Crippen molar-refractivity contribution in [2.75, 3.05) is 12.4 Å². The van der Waals surface area contributed by atoms with E-state index in [4.69, 9.17) is 11.6 Å². The van der Waals surface area contributed by atoms with Crippen molar-refractivity contribution in [2.24, 2.45) is 0 Å². The van der Waals surface area contributed by atoms with Gasteiger partial charge in [-0.25, -0.2) is 0 Å². The van der Waals surface area contributed by atoms with Crippen LogP contribution in [0.25, 0.3) is 0 Å². The van der Waals surface area contributed by atoms with Gasteiger partial charge in [0.1, 0.15) is 0 Å². The number of benzene rings is 1.